The normalized spacial score (nSPS) is 19.1. The molecule has 0 radical (unpaired) electrons. The van der Waals surface area contributed by atoms with Crippen molar-refractivity contribution in [3.05, 3.63) is 59.7 Å². The van der Waals surface area contributed by atoms with Crippen LogP contribution in [-0.4, -0.2) is 18.2 Å². The summed E-state index contributed by atoms with van der Waals surface area (Å²) >= 11 is 0. The molecule has 1 fully saturated rings. The molecule has 2 amide bonds. The third kappa shape index (κ3) is 4.66. The fourth-order valence-electron chi connectivity index (χ4n) is 2.64. The molecule has 2 N–H and O–H groups in total. The quantitative estimate of drug-likeness (QED) is 0.748. The molecule has 0 heterocycles. The molecule has 144 valence electrons. The number of halogens is 5. The summed E-state index contributed by atoms with van der Waals surface area (Å²) in [7, 11) is 0. The summed E-state index contributed by atoms with van der Waals surface area (Å²) in [5.41, 5.74) is -1.03. The minimum Gasteiger partial charge on any atom is -0.490 e. The van der Waals surface area contributed by atoms with Crippen LogP contribution in [0.1, 0.15) is 18.4 Å². The van der Waals surface area contributed by atoms with Gasteiger partial charge >= 0.3 is 12.2 Å². The summed E-state index contributed by atoms with van der Waals surface area (Å²) in [6.45, 7) is 0. The van der Waals surface area contributed by atoms with E-state index in [4.69, 9.17) is 4.74 Å². The SMILES string of the molecule is O=C(Nc1cccc(F)c1F)NC1CC(Oc2ccc(C(F)(F)F)cc2)C1. The third-order valence-corrected chi connectivity index (χ3v) is 4.11. The highest BCUT2D eigenvalue weighted by Crippen LogP contribution is 2.32. The van der Waals surface area contributed by atoms with Gasteiger partial charge in [0.15, 0.2) is 11.6 Å². The van der Waals surface area contributed by atoms with Crippen molar-refractivity contribution in [2.75, 3.05) is 5.32 Å². The van der Waals surface area contributed by atoms with Gasteiger partial charge in [-0.2, -0.15) is 13.2 Å². The Kier molecular flexibility index (Phi) is 5.20. The number of carbonyl (C=O) groups is 1. The van der Waals surface area contributed by atoms with Gasteiger partial charge in [-0.05, 0) is 36.4 Å². The molecular formula is C18H15F5N2O2. The van der Waals surface area contributed by atoms with E-state index in [1.807, 2.05) is 0 Å². The average molecular weight is 386 g/mol. The number of rotatable bonds is 4. The Bertz CT molecular complexity index is 817. The van der Waals surface area contributed by atoms with E-state index >= 15 is 0 Å². The van der Waals surface area contributed by atoms with E-state index in [9.17, 15) is 26.7 Å². The predicted molar refractivity (Wildman–Crippen MR) is 87.4 cm³/mol. The van der Waals surface area contributed by atoms with Crippen molar-refractivity contribution in [1.82, 2.24) is 5.32 Å². The molecule has 0 saturated heterocycles. The Morgan fingerprint density at radius 1 is 1.04 bits per heavy atom. The van der Waals surface area contributed by atoms with Crippen LogP contribution < -0.4 is 15.4 Å². The summed E-state index contributed by atoms with van der Waals surface area (Å²) in [6, 6.07) is 6.87. The topological polar surface area (TPSA) is 50.4 Å². The first-order valence-electron chi connectivity index (χ1n) is 8.08. The number of urea groups is 1. The van der Waals surface area contributed by atoms with Gasteiger partial charge in [0.1, 0.15) is 11.9 Å². The molecule has 0 aliphatic heterocycles. The van der Waals surface area contributed by atoms with Gasteiger partial charge in [0.05, 0.1) is 11.3 Å². The first-order chi connectivity index (χ1) is 12.7. The Morgan fingerprint density at radius 2 is 1.70 bits per heavy atom. The Morgan fingerprint density at radius 3 is 2.33 bits per heavy atom. The van der Waals surface area contributed by atoms with Gasteiger partial charge in [-0.3, -0.25) is 0 Å². The van der Waals surface area contributed by atoms with Crippen LogP contribution in [0.15, 0.2) is 42.5 Å². The van der Waals surface area contributed by atoms with Crippen LogP contribution in [0.4, 0.5) is 32.4 Å². The summed E-state index contributed by atoms with van der Waals surface area (Å²) < 4.78 is 69.6. The molecule has 1 aliphatic carbocycles. The number of amides is 2. The first kappa shape index (κ1) is 18.9. The molecule has 0 aromatic heterocycles. The van der Waals surface area contributed by atoms with Crippen molar-refractivity contribution >= 4 is 11.7 Å². The predicted octanol–water partition coefficient (Wildman–Crippen LogP) is 4.72. The van der Waals surface area contributed by atoms with Crippen LogP contribution in [0.25, 0.3) is 0 Å². The highest BCUT2D eigenvalue weighted by Gasteiger charge is 2.33. The van der Waals surface area contributed by atoms with Crippen LogP contribution >= 0.6 is 0 Å². The van der Waals surface area contributed by atoms with Crippen LogP contribution in [0.3, 0.4) is 0 Å². The lowest BCUT2D eigenvalue weighted by atomic mass is 9.89. The molecule has 3 rings (SSSR count). The molecule has 4 nitrogen and oxygen atoms in total. The lowest BCUT2D eigenvalue weighted by Crippen LogP contribution is -2.50. The van der Waals surface area contributed by atoms with E-state index in [1.165, 1.54) is 24.3 Å². The number of alkyl halides is 3. The summed E-state index contributed by atoms with van der Waals surface area (Å²) in [5.74, 6) is -1.91. The van der Waals surface area contributed by atoms with E-state index in [2.05, 4.69) is 10.6 Å². The van der Waals surface area contributed by atoms with Gasteiger partial charge in [0.2, 0.25) is 0 Å². The van der Waals surface area contributed by atoms with Crippen LogP contribution in [0.5, 0.6) is 5.75 Å². The smallest absolute Gasteiger partial charge is 0.416 e. The van der Waals surface area contributed by atoms with Gasteiger partial charge in [-0.25, -0.2) is 13.6 Å². The van der Waals surface area contributed by atoms with Crippen molar-refractivity contribution in [3.63, 3.8) is 0 Å². The van der Waals surface area contributed by atoms with Gasteiger partial charge in [0.25, 0.3) is 0 Å². The molecule has 0 spiro atoms. The van der Waals surface area contributed by atoms with Crippen molar-refractivity contribution in [2.24, 2.45) is 0 Å². The van der Waals surface area contributed by atoms with Crippen molar-refractivity contribution in [3.8, 4) is 5.75 Å². The number of nitrogens with one attached hydrogen (secondary N) is 2. The molecule has 2 aromatic carbocycles. The number of carbonyl (C=O) groups excluding carboxylic acids is 1. The molecule has 0 bridgehead atoms. The van der Waals surface area contributed by atoms with E-state index in [1.54, 1.807) is 0 Å². The molecular weight excluding hydrogens is 371 g/mol. The maximum Gasteiger partial charge on any atom is 0.416 e. The maximum absolute atomic E-state index is 13.5. The highest BCUT2D eigenvalue weighted by molar-refractivity contribution is 5.89. The highest BCUT2D eigenvalue weighted by atomic mass is 19.4. The number of hydrogen-bond donors (Lipinski definition) is 2. The van der Waals surface area contributed by atoms with Crippen molar-refractivity contribution in [2.45, 2.75) is 31.2 Å². The first-order valence-corrected chi connectivity index (χ1v) is 8.08. The second-order valence-corrected chi connectivity index (χ2v) is 6.13. The van der Waals surface area contributed by atoms with E-state index in [-0.39, 0.29) is 17.8 Å². The molecule has 2 aromatic rings. The zero-order valence-corrected chi connectivity index (χ0v) is 13.8. The molecule has 9 heteroatoms. The minimum atomic E-state index is -4.40. The molecule has 1 saturated carbocycles. The second-order valence-electron chi connectivity index (χ2n) is 6.13. The Balaban J connectivity index is 1.44. The minimum absolute atomic E-state index is 0.235. The number of anilines is 1. The molecule has 0 atom stereocenters. The fourth-order valence-corrected chi connectivity index (χ4v) is 2.64. The van der Waals surface area contributed by atoms with Gasteiger partial charge in [-0.15, -0.1) is 0 Å². The number of benzene rings is 2. The van der Waals surface area contributed by atoms with E-state index in [0.717, 1.165) is 18.2 Å². The summed E-state index contributed by atoms with van der Waals surface area (Å²) in [4.78, 5) is 11.8. The van der Waals surface area contributed by atoms with E-state index in [0.29, 0.717) is 18.6 Å². The van der Waals surface area contributed by atoms with Crippen LogP contribution in [-0.2, 0) is 6.18 Å². The molecule has 0 unspecified atom stereocenters. The third-order valence-electron chi connectivity index (χ3n) is 4.11. The largest absolute Gasteiger partial charge is 0.490 e. The zero-order valence-electron chi connectivity index (χ0n) is 13.8. The molecule has 27 heavy (non-hydrogen) atoms. The fraction of sp³-hybridized carbons (Fsp3) is 0.278. The summed E-state index contributed by atoms with van der Waals surface area (Å²) in [5, 5.41) is 4.81. The zero-order chi connectivity index (χ0) is 19.6. The van der Waals surface area contributed by atoms with Crippen molar-refractivity contribution < 1.29 is 31.5 Å². The standard InChI is InChI=1S/C18H15F5N2O2/c19-14-2-1-3-15(16(14)20)25-17(26)24-11-8-13(9-11)27-12-6-4-10(5-7-12)18(21,22)23/h1-7,11,13H,8-9H2,(H2,24,25,26). The lowest BCUT2D eigenvalue weighted by Gasteiger charge is -2.35. The lowest BCUT2D eigenvalue weighted by molar-refractivity contribution is -0.137. The number of ether oxygens (including phenoxy) is 1. The Hall–Kier alpha value is -2.84. The van der Waals surface area contributed by atoms with Gasteiger partial charge in [0, 0.05) is 18.9 Å². The molecule has 1 aliphatic rings. The van der Waals surface area contributed by atoms with Crippen LogP contribution in [0.2, 0.25) is 0 Å². The average Bonchev–Trinajstić information content (AvgIpc) is 2.57. The number of hydrogen-bond acceptors (Lipinski definition) is 2. The maximum atomic E-state index is 13.5. The monoisotopic (exact) mass is 386 g/mol. The Labute approximate surface area is 151 Å². The summed E-state index contributed by atoms with van der Waals surface area (Å²) in [6.07, 6.45) is -3.77. The van der Waals surface area contributed by atoms with Gasteiger partial charge < -0.3 is 15.4 Å². The van der Waals surface area contributed by atoms with E-state index < -0.39 is 29.4 Å². The van der Waals surface area contributed by atoms with Crippen molar-refractivity contribution in [1.29, 1.82) is 0 Å². The van der Waals surface area contributed by atoms with Crippen LogP contribution in [0, 0.1) is 11.6 Å². The second kappa shape index (κ2) is 7.42. The van der Waals surface area contributed by atoms with Gasteiger partial charge in [-0.1, -0.05) is 6.07 Å².